The van der Waals surface area contributed by atoms with E-state index in [1.807, 2.05) is 18.2 Å². The third kappa shape index (κ3) is 5.63. The van der Waals surface area contributed by atoms with Crippen molar-refractivity contribution >= 4 is 11.8 Å². The van der Waals surface area contributed by atoms with Crippen LogP contribution >= 0.6 is 0 Å². The van der Waals surface area contributed by atoms with Crippen molar-refractivity contribution in [3.05, 3.63) is 23.8 Å². The van der Waals surface area contributed by atoms with Crippen LogP contribution in [-0.2, 0) is 20.9 Å². The number of methoxy groups -OCH3 is 1. The normalized spacial score (nSPS) is 20.7. The molecule has 1 aliphatic heterocycles. The van der Waals surface area contributed by atoms with E-state index in [0.29, 0.717) is 37.5 Å². The predicted octanol–water partition coefficient (Wildman–Crippen LogP) is 2.71. The second-order valence-electron chi connectivity index (χ2n) is 7.94. The van der Waals surface area contributed by atoms with E-state index in [4.69, 9.17) is 14.2 Å². The first-order valence-corrected chi connectivity index (χ1v) is 10.5. The number of amides is 2. The Labute approximate surface area is 172 Å². The zero-order chi connectivity index (χ0) is 20.7. The van der Waals surface area contributed by atoms with Crippen molar-refractivity contribution in [1.82, 2.24) is 10.6 Å². The summed E-state index contributed by atoms with van der Waals surface area (Å²) in [6, 6.07) is 5.65. The Bertz CT molecular complexity index is 709. The average molecular weight is 405 g/mol. The summed E-state index contributed by atoms with van der Waals surface area (Å²) in [6.07, 6.45) is 6.57. The maximum Gasteiger partial charge on any atom is 0.246 e. The van der Waals surface area contributed by atoms with Crippen LogP contribution in [-0.4, -0.2) is 43.8 Å². The van der Waals surface area contributed by atoms with Crippen LogP contribution in [0.15, 0.2) is 18.2 Å². The fraction of sp³-hybridized carbons (Fsp3) is 0.636. The highest BCUT2D eigenvalue weighted by Gasteiger charge is 2.39. The van der Waals surface area contributed by atoms with Crippen LogP contribution in [0.3, 0.4) is 0 Å². The van der Waals surface area contributed by atoms with Gasteiger partial charge in [-0.25, -0.2) is 0 Å². The van der Waals surface area contributed by atoms with E-state index in [-0.39, 0.29) is 17.9 Å². The van der Waals surface area contributed by atoms with Gasteiger partial charge in [0.15, 0.2) is 11.5 Å². The molecule has 0 bridgehead atoms. The van der Waals surface area contributed by atoms with Gasteiger partial charge >= 0.3 is 0 Å². The summed E-state index contributed by atoms with van der Waals surface area (Å²) in [6.45, 7) is 3.13. The molecule has 1 saturated carbocycles. The number of hydrogen-bond donors (Lipinski definition) is 2. The summed E-state index contributed by atoms with van der Waals surface area (Å²) in [4.78, 5) is 24.5. The Morgan fingerprint density at radius 1 is 1.17 bits per heavy atom. The topological polar surface area (TPSA) is 85.9 Å². The fourth-order valence-electron chi connectivity index (χ4n) is 4.15. The maximum absolute atomic E-state index is 12.9. The van der Waals surface area contributed by atoms with Crippen LogP contribution in [0.2, 0.25) is 0 Å². The van der Waals surface area contributed by atoms with Gasteiger partial charge in [-0.05, 0) is 43.4 Å². The molecule has 1 aromatic carbocycles. The van der Waals surface area contributed by atoms with Gasteiger partial charge in [0.2, 0.25) is 11.8 Å². The SMILES string of the molecule is COc1cc(CNC(=O)C2(NC(C)=O)CCCCC2)ccc1OCC1CCCO1. The monoisotopic (exact) mass is 404 g/mol. The molecule has 1 aromatic rings. The van der Waals surface area contributed by atoms with E-state index < -0.39 is 5.54 Å². The van der Waals surface area contributed by atoms with Crippen LogP contribution in [0.5, 0.6) is 11.5 Å². The van der Waals surface area contributed by atoms with E-state index in [0.717, 1.165) is 44.3 Å². The van der Waals surface area contributed by atoms with Gasteiger partial charge in [0.05, 0.1) is 13.2 Å². The molecule has 2 N–H and O–H groups in total. The second-order valence-corrected chi connectivity index (χ2v) is 7.94. The molecule has 1 unspecified atom stereocenters. The highest BCUT2D eigenvalue weighted by molar-refractivity contribution is 5.91. The van der Waals surface area contributed by atoms with Crippen molar-refractivity contribution in [2.45, 2.75) is 70.1 Å². The summed E-state index contributed by atoms with van der Waals surface area (Å²) in [5, 5.41) is 5.89. The van der Waals surface area contributed by atoms with Crippen LogP contribution < -0.4 is 20.1 Å². The summed E-state index contributed by atoms with van der Waals surface area (Å²) < 4.78 is 16.9. The number of rotatable bonds is 8. The molecule has 7 heteroatoms. The molecule has 7 nitrogen and oxygen atoms in total. The third-order valence-corrected chi connectivity index (χ3v) is 5.69. The van der Waals surface area contributed by atoms with Gasteiger partial charge in [0.25, 0.3) is 0 Å². The summed E-state index contributed by atoms with van der Waals surface area (Å²) >= 11 is 0. The van der Waals surface area contributed by atoms with Crippen molar-refractivity contribution in [3.63, 3.8) is 0 Å². The summed E-state index contributed by atoms with van der Waals surface area (Å²) in [5.41, 5.74) is 0.117. The minimum atomic E-state index is -0.793. The Morgan fingerprint density at radius 3 is 2.62 bits per heavy atom. The second kappa shape index (κ2) is 9.96. The van der Waals surface area contributed by atoms with Gasteiger partial charge in [0, 0.05) is 20.1 Å². The zero-order valence-electron chi connectivity index (χ0n) is 17.4. The van der Waals surface area contributed by atoms with Crippen LogP contribution in [0.25, 0.3) is 0 Å². The Balaban J connectivity index is 1.60. The molecular weight excluding hydrogens is 372 g/mol. The van der Waals surface area contributed by atoms with Crippen LogP contribution in [0.4, 0.5) is 0 Å². The fourth-order valence-corrected chi connectivity index (χ4v) is 4.15. The van der Waals surface area contributed by atoms with Gasteiger partial charge in [0.1, 0.15) is 12.1 Å². The standard InChI is InChI=1S/C22H32N2O5/c1-16(25)24-22(10-4-3-5-11-22)21(26)23-14-17-8-9-19(20(13-17)27-2)29-15-18-7-6-12-28-18/h8-9,13,18H,3-7,10-12,14-15H2,1-2H3,(H,23,26)(H,24,25). The number of hydrogen-bond acceptors (Lipinski definition) is 5. The lowest BCUT2D eigenvalue weighted by Gasteiger charge is -2.36. The quantitative estimate of drug-likeness (QED) is 0.696. The minimum Gasteiger partial charge on any atom is -0.493 e. The number of carbonyl (C=O) groups excluding carboxylic acids is 2. The van der Waals surface area contributed by atoms with E-state index in [2.05, 4.69) is 10.6 Å². The number of carbonyl (C=O) groups is 2. The largest absolute Gasteiger partial charge is 0.493 e. The Kier molecular flexibility index (Phi) is 7.36. The van der Waals surface area contributed by atoms with E-state index in [1.54, 1.807) is 7.11 Å². The summed E-state index contributed by atoms with van der Waals surface area (Å²) in [7, 11) is 1.60. The maximum atomic E-state index is 12.9. The van der Waals surface area contributed by atoms with Crippen molar-refractivity contribution in [3.8, 4) is 11.5 Å². The van der Waals surface area contributed by atoms with Crippen molar-refractivity contribution in [2.24, 2.45) is 0 Å². The van der Waals surface area contributed by atoms with Crippen LogP contribution in [0.1, 0.15) is 57.4 Å². The Morgan fingerprint density at radius 2 is 1.97 bits per heavy atom. The minimum absolute atomic E-state index is 0.120. The van der Waals surface area contributed by atoms with Gasteiger partial charge < -0.3 is 24.8 Å². The molecule has 1 aliphatic carbocycles. The van der Waals surface area contributed by atoms with Gasteiger partial charge in [-0.1, -0.05) is 25.3 Å². The molecule has 2 aliphatic rings. The number of nitrogens with one attached hydrogen (secondary N) is 2. The molecule has 1 atom stereocenters. The predicted molar refractivity (Wildman–Crippen MR) is 109 cm³/mol. The van der Waals surface area contributed by atoms with Gasteiger partial charge in [-0.3, -0.25) is 9.59 Å². The molecule has 0 radical (unpaired) electrons. The molecule has 0 spiro atoms. The van der Waals surface area contributed by atoms with E-state index in [9.17, 15) is 9.59 Å². The molecule has 160 valence electrons. The van der Waals surface area contributed by atoms with Crippen molar-refractivity contribution in [1.29, 1.82) is 0 Å². The van der Waals surface area contributed by atoms with Gasteiger partial charge in [-0.2, -0.15) is 0 Å². The molecular formula is C22H32N2O5. The molecule has 1 saturated heterocycles. The smallest absolute Gasteiger partial charge is 0.246 e. The highest BCUT2D eigenvalue weighted by Crippen LogP contribution is 2.30. The zero-order valence-corrected chi connectivity index (χ0v) is 17.4. The average Bonchev–Trinajstić information content (AvgIpc) is 3.24. The lowest BCUT2D eigenvalue weighted by molar-refractivity contribution is -0.134. The molecule has 2 amide bonds. The lowest BCUT2D eigenvalue weighted by atomic mass is 9.80. The highest BCUT2D eigenvalue weighted by atomic mass is 16.5. The molecule has 3 rings (SSSR count). The lowest BCUT2D eigenvalue weighted by Crippen LogP contribution is -2.59. The first kappa shape index (κ1) is 21.4. The summed E-state index contributed by atoms with van der Waals surface area (Å²) in [5.74, 6) is 1.01. The molecule has 29 heavy (non-hydrogen) atoms. The molecule has 1 heterocycles. The first-order valence-electron chi connectivity index (χ1n) is 10.5. The first-order chi connectivity index (χ1) is 14.0. The number of benzene rings is 1. The van der Waals surface area contributed by atoms with E-state index >= 15 is 0 Å². The van der Waals surface area contributed by atoms with E-state index in [1.165, 1.54) is 6.92 Å². The number of ether oxygens (including phenoxy) is 3. The van der Waals surface area contributed by atoms with Crippen molar-refractivity contribution in [2.75, 3.05) is 20.3 Å². The molecule has 2 fully saturated rings. The molecule has 0 aromatic heterocycles. The van der Waals surface area contributed by atoms with Crippen molar-refractivity contribution < 1.29 is 23.8 Å². The van der Waals surface area contributed by atoms with Crippen LogP contribution in [0, 0.1) is 0 Å². The third-order valence-electron chi connectivity index (χ3n) is 5.69. The Hall–Kier alpha value is -2.28. The van der Waals surface area contributed by atoms with Gasteiger partial charge in [-0.15, -0.1) is 0 Å².